The molecule has 0 radical (unpaired) electrons. The zero-order chi connectivity index (χ0) is 18.1. The number of rotatable bonds is 4. The van der Waals surface area contributed by atoms with Gasteiger partial charge in [0.15, 0.2) is 11.5 Å². The van der Waals surface area contributed by atoms with Gasteiger partial charge in [-0.05, 0) is 24.6 Å². The highest BCUT2D eigenvalue weighted by Crippen LogP contribution is 2.26. The molecular formula is C19H15ClN4O2. The first-order chi connectivity index (χ1) is 12.6. The van der Waals surface area contributed by atoms with Crippen LogP contribution in [0.3, 0.4) is 0 Å². The summed E-state index contributed by atoms with van der Waals surface area (Å²) in [6.07, 6.45) is 0. The molecule has 0 aliphatic heterocycles. The molecular weight excluding hydrogens is 352 g/mol. The van der Waals surface area contributed by atoms with Crippen LogP contribution in [-0.4, -0.2) is 20.5 Å². The number of nitrogens with one attached hydrogen (secondary N) is 1. The minimum atomic E-state index is -0.277. The van der Waals surface area contributed by atoms with Crippen LogP contribution < -0.4 is 5.32 Å². The lowest BCUT2D eigenvalue weighted by molar-refractivity contribution is 0.0942. The van der Waals surface area contributed by atoms with E-state index >= 15 is 0 Å². The van der Waals surface area contributed by atoms with Crippen molar-refractivity contribution in [3.05, 3.63) is 76.6 Å². The summed E-state index contributed by atoms with van der Waals surface area (Å²) in [5.74, 6) is 0.839. The van der Waals surface area contributed by atoms with E-state index in [0.717, 1.165) is 5.56 Å². The van der Waals surface area contributed by atoms with Gasteiger partial charge in [-0.15, -0.1) is 5.10 Å². The fourth-order valence-corrected chi connectivity index (χ4v) is 2.94. The number of benzene rings is 2. The molecule has 4 aromatic rings. The fourth-order valence-electron chi connectivity index (χ4n) is 2.72. The Morgan fingerprint density at radius 3 is 2.65 bits per heavy atom. The second-order valence-corrected chi connectivity index (χ2v) is 6.19. The van der Waals surface area contributed by atoms with E-state index < -0.39 is 0 Å². The van der Waals surface area contributed by atoms with Crippen LogP contribution in [0.15, 0.2) is 59.0 Å². The van der Waals surface area contributed by atoms with Gasteiger partial charge in [-0.3, -0.25) is 4.79 Å². The summed E-state index contributed by atoms with van der Waals surface area (Å²) in [5.41, 5.74) is 2.01. The molecule has 0 unspecified atom stereocenters. The number of fused-ring (bicyclic) bond motifs is 1. The van der Waals surface area contributed by atoms with Crippen molar-refractivity contribution in [2.24, 2.45) is 0 Å². The molecule has 0 saturated heterocycles. The van der Waals surface area contributed by atoms with Crippen LogP contribution in [-0.2, 0) is 6.54 Å². The molecule has 0 fully saturated rings. The predicted molar refractivity (Wildman–Crippen MR) is 98.0 cm³/mol. The maximum absolute atomic E-state index is 12.6. The van der Waals surface area contributed by atoms with Crippen LogP contribution in [0, 0.1) is 6.92 Å². The van der Waals surface area contributed by atoms with Gasteiger partial charge in [0.1, 0.15) is 5.76 Å². The number of amides is 1. The van der Waals surface area contributed by atoms with E-state index in [0.29, 0.717) is 34.4 Å². The zero-order valence-corrected chi connectivity index (χ0v) is 14.7. The molecule has 2 aromatic heterocycles. The molecule has 130 valence electrons. The summed E-state index contributed by atoms with van der Waals surface area (Å²) < 4.78 is 7.01. The first-order valence-corrected chi connectivity index (χ1v) is 8.44. The maximum Gasteiger partial charge on any atom is 0.325 e. The second kappa shape index (κ2) is 6.65. The molecule has 0 aliphatic rings. The largest absolute Gasteiger partial charge is 0.427 e. The van der Waals surface area contributed by atoms with Gasteiger partial charge in [0.05, 0.1) is 5.02 Å². The Bertz CT molecular complexity index is 1090. The third kappa shape index (κ3) is 2.95. The molecule has 0 atom stereocenters. The Labute approximate surface area is 154 Å². The summed E-state index contributed by atoms with van der Waals surface area (Å²) in [4.78, 5) is 17.0. The van der Waals surface area contributed by atoms with Crippen molar-refractivity contribution in [3.8, 4) is 11.4 Å². The molecule has 2 heterocycles. The number of aromatic nitrogens is 3. The van der Waals surface area contributed by atoms with Gasteiger partial charge in [-0.25, -0.2) is 0 Å². The van der Waals surface area contributed by atoms with Gasteiger partial charge < -0.3 is 9.73 Å². The van der Waals surface area contributed by atoms with Crippen molar-refractivity contribution in [2.75, 3.05) is 0 Å². The number of hydrogen-bond acceptors (Lipinski definition) is 4. The Morgan fingerprint density at radius 1 is 1.15 bits per heavy atom. The van der Waals surface area contributed by atoms with Crippen LogP contribution in [0.2, 0.25) is 5.02 Å². The zero-order valence-electron chi connectivity index (χ0n) is 13.9. The van der Waals surface area contributed by atoms with Crippen molar-refractivity contribution in [1.82, 2.24) is 19.9 Å². The number of oxazole rings is 1. The van der Waals surface area contributed by atoms with Gasteiger partial charge >= 0.3 is 5.84 Å². The quantitative estimate of drug-likeness (QED) is 0.595. The van der Waals surface area contributed by atoms with Gasteiger partial charge in [-0.1, -0.05) is 54.1 Å². The molecule has 0 aliphatic carbocycles. The van der Waals surface area contributed by atoms with Gasteiger partial charge in [-0.2, -0.15) is 9.50 Å². The third-order valence-corrected chi connectivity index (χ3v) is 4.32. The van der Waals surface area contributed by atoms with Crippen LogP contribution in [0.25, 0.3) is 17.2 Å². The SMILES string of the molecule is Cc1oc2nc(-c3ccccc3Cl)nn2c1C(=O)NCc1ccccc1. The average Bonchev–Trinajstić information content (AvgIpc) is 3.17. The fraction of sp³-hybridized carbons (Fsp3) is 0.105. The van der Waals surface area contributed by atoms with Crippen LogP contribution in [0.4, 0.5) is 0 Å². The molecule has 2 aromatic carbocycles. The standard InChI is InChI=1S/C19H15ClN4O2/c1-12-16(18(25)21-11-13-7-3-2-4-8-13)24-19(26-12)22-17(23-24)14-9-5-6-10-15(14)20/h2-10H,11H2,1H3,(H,21,25). The molecule has 0 bridgehead atoms. The smallest absolute Gasteiger partial charge is 0.325 e. The van der Waals surface area contributed by atoms with E-state index in [1.807, 2.05) is 48.5 Å². The minimum Gasteiger partial charge on any atom is -0.427 e. The Kier molecular flexibility index (Phi) is 4.18. The molecule has 0 saturated carbocycles. The van der Waals surface area contributed by atoms with E-state index in [1.165, 1.54) is 4.52 Å². The first-order valence-electron chi connectivity index (χ1n) is 8.06. The topological polar surface area (TPSA) is 72.4 Å². The number of nitrogens with zero attached hydrogens (tertiary/aromatic N) is 3. The number of carbonyl (C=O) groups excluding carboxylic acids is 1. The third-order valence-electron chi connectivity index (χ3n) is 3.99. The highest BCUT2D eigenvalue weighted by Gasteiger charge is 2.22. The molecule has 26 heavy (non-hydrogen) atoms. The Balaban J connectivity index is 1.65. The molecule has 1 N–H and O–H groups in total. The lowest BCUT2D eigenvalue weighted by Gasteiger charge is -2.04. The molecule has 0 spiro atoms. The highest BCUT2D eigenvalue weighted by atomic mass is 35.5. The summed E-state index contributed by atoms with van der Waals surface area (Å²) in [7, 11) is 0. The highest BCUT2D eigenvalue weighted by molar-refractivity contribution is 6.33. The summed E-state index contributed by atoms with van der Waals surface area (Å²) >= 11 is 6.21. The van der Waals surface area contributed by atoms with Crippen LogP contribution >= 0.6 is 11.6 Å². The van der Waals surface area contributed by atoms with E-state index in [4.69, 9.17) is 16.0 Å². The van der Waals surface area contributed by atoms with Gasteiger partial charge in [0.25, 0.3) is 5.91 Å². The number of carbonyl (C=O) groups is 1. The average molecular weight is 367 g/mol. The van der Waals surface area contributed by atoms with E-state index in [2.05, 4.69) is 15.4 Å². The van der Waals surface area contributed by atoms with E-state index in [1.54, 1.807) is 13.0 Å². The summed E-state index contributed by atoms with van der Waals surface area (Å²) in [6, 6.07) is 16.9. The Hall–Kier alpha value is -3.12. The maximum atomic E-state index is 12.6. The first kappa shape index (κ1) is 16.4. The lowest BCUT2D eigenvalue weighted by Crippen LogP contribution is -2.25. The molecule has 1 amide bonds. The van der Waals surface area contributed by atoms with Crippen molar-refractivity contribution >= 4 is 23.4 Å². The minimum absolute atomic E-state index is 0.252. The Morgan fingerprint density at radius 2 is 1.88 bits per heavy atom. The van der Waals surface area contributed by atoms with Crippen LogP contribution in [0.1, 0.15) is 21.8 Å². The normalized spacial score (nSPS) is 11.0. The van der Waals surface area contributed by atoms with Gasteiger partial charge in [0, 0.05) is 12.1 Å². The molecule has 6 nitrogen and oxygen atoms in total. The number of aryl methyl sites for hydroxylation is 1. The second-order valence-electron chi connectivity index (χ2n) is 5.78. The monoisotopic (exact) mass is 366 g/mol. The number of hydrogen-bond donors (Lipinski definition) is 1. The van der Waals surface area contributed by atoms with Gasteiger partial charge in [0.2, 0.25) is 0 Å². The van der Waals surface area contributed by atoms with Crippen molar-refractivity contribution in [1.29, 1.82) is 0 Å². The number of halogens is 1. The summed E-state index contributed by atoms with van der Waals surface area (Å²) in [5, 5.41) is 7.82. The molecule has 4 rings (SSSR count). The van der Waals surface area contributed by atoms with E-state index in [9.17, 15) is 4.79 Å². The van der Waals surface area contributed by atoms with Crippen LogP contribution in [0.5, 0.6) is 0 Å². The van der Waals surface area contributed by atoms with Crippen molar-refractivity contribution < 1.29 is 9.21 Å². The van der Waals surface area contributed by atoms with E-state index in [-0.39, 0.29) is 11.8 Å². The molecule has 7 heteroatoms. The lowest BCUT2D eigenvalue weighted by atomic mass is 10.2. The van der Waals surface area contributed by atoms with Crippen molar-refractivity contribution in [3.63, 3.8) is 0 Å². The summed E-state index contributed by atoms with van der Waals surface area (Å²) in [6.45, 7) is 2.13. The van der Waals surface area contributed by atoms with Crippen molar-refractivity contribution in [2.45, 2.75) is 13.5 Å². The predicted octanol–water partition coefficient (Wildman–Crippen LogP) is 3.88.